The van der Waals surface area contributed by atoms with E-state index in [-0.39, 0.29) is 43.2 Å². The van der Waals surface area contributed by atoms with E-state index in [2.05, 4.69) is 53.4 Å². The number of amides is 2. The van der Waals surface area contributed by atoms with Crippen LogP contribution in [0.25, 0.3) is 0 Å². The summed E-state index contributed by atoms with van der Waals surface area (Å²) in [6.45, 7) is 2.24. The molecule has 2 aliphatic heterocycles. The second kappa shape index (κ2) is 11.4. The molecule has 2 saturated heterocycles. The van der Waals surface area contributed by atoms with Gasteiger partial charge in [0.2, 0.25) is 5.91 Å². The minimum atomic E-state index is -0.759. The molecule has 0 spiro atoms. The van der Waals surface area contributed by atoms with Gasteiger partial charge in [0.05, 0.1) is 12.6 Å². The third-order valence-electron chi connectivity index (χ3n) is 7.08. The van der Waals surface area contributed by atoms with Crippen LogP contribution >= 0.6 is 0 Å². The molecule has 0 radical (unpaired) electrons. The van der Waals surface area contributed by atoms with Crippen molar-refractivity contribution in [2.24, 2.45) is 0 Å². The van der Waals surface area contributed by atoms with Crippen LogP contribution in [0.4, 0.5) is 0 Å². The molecule has 1 atom stereocenters. The van der Waals surface area contributed by atoms with Gasteiger partial charge in [0.25, 0.3) is 5.91 Å². The molecule has 3 aromatic carbocycles. The Morgan fingerprint density at radius 2 is 1.32 bits per heavy atom. The highest BCUT2D eigenvalue weighted by Gasteiger charge is 2.41. The maximum absolute atomic E-state index is 13.5. The Morgan fingerprint density at radius 3 is 1.89 bits per heavy atom. The standard InChI is InChI=1S/C30H31N3O4/c34-25-20-27(33(21-25)28(35)22-37-26-14-8-3-9-15-26)30(36)32-18-16-31(17-19-32)29(23-10-4-1-5-11-23)24-12-6-2-7-13-24/h1-15,27,29H,16-22H2/t27-/m0/s1. The molecule has 0 aliphatic carbocycles. The molecule has 0 saturated carbocycles. The zero-order valence-electron chi connectivity index (χ0n) is 20.7. The molecule has 2 fully saturated rings. The number of ketones is 1. The molecule has 2 heterocycles. The average Bonchev–Trinajstić information content (AvgIpc) is 3.35. The van der Waals surface area contributed by atoms with E-state index < -0.39 is 6.04 Å². The number of hydrogen-bond donors (Lipinski definition) is 0. The third kappa shape index (κ3) is 5.73. The van der Waals surface area contributed by atoms with Gasteiger partial charge in [0.1, 0.15) is 11.8 Å². The van der Waals surface area contributed by atoms with Gasteiger partial charge in [-0.1, -0.05) is 78.9 Å². The fraction of sp³-hybridized carbons (Fsp3) is 0.300. The number of rotatable bonds is 7. The summed E-state index contributed by atoms with van der Waals surface area (Å²) in [7, 11) is 0. The predicted octanol–water partition coefficient (Wildman–Crippen LogP) is 3.17. The first kappa shape index (κ1) is 24.7. The number of carbonyl (C=O) groups is 3. The van der Waals surface area contributed by atoms with Crippen molar-refractivity contribution in [3.05, 3.63) is 102 Å². The van der Waals surface area contributed by atoms with Crippen LogP contribution in [-0.4, -0.2) is 77.7 Å². The van der Waals surface area contributed by atoms with Gasteiger partial charge in [0.15, 0.2) is 12.4 Å². The van der Waals surface area contributed by atoms with Crippen LogP contribution in [0, 0.1) is 0 Å². The van der Waals surface area contributed by atoms with Crippen molar-refractivity contribution in [2.45, 2.75) is 18.5 Å². The molecule has 190 valence electrons. The molecule has 5 rings (SSSR count). The number of benzene rings is 3. The molecule has 0 N–H and O–H groups in total. The van der Waals surface area contributed by atoms with E-state index in [1.54, 1.807) is 17.0 Å². The topological polar surface area (TPSA) is 70.2 Å². The van der Waals surface area contributed by atoms with Gasteiger partial charge in [-0.25, -0.2) is 0 Å². The molecule has 3 aromatic rings. The number of hydrogen-bond acceptors (Lipinski definition) is 5. The van der Waals surface area contributed by atoms with Gasteiger partial charge in [0, 0.05) is 32.6 Å². The van der Waals surface area contributed by atoms with E-state index in [1.165, 1.54) is 16.0 Å². The molecule has 37 heavy (non-hydrogen) atoms. The lowest BCUT2D eigenvalue weighted by Gasteiger charge is -2.41. The highest BCUT2D eigenvalue weighted by Crippen LogP contribution is 2.30. The summed E-state index contributed by atoms with van der Waals surface area (Å²) in [4.78, 5) is 44.2. The minimum absolute atomic E-state index is 0.0442. The molecule has 7 heteroatoms. The SMILES string of the molecule is O=C1C[C@@H](C(=O)N2CCN(C(c3ccccc3)c3ccccc3)CC2)N(C(=O)COc2ccccc2)C1. The summed E-state index contributed by atoms with van der Waals surface area (Å²) in [6.07, 6.45) is 0.0623. The lowest BCUT2D eigenvalue weighted by molar-refractivity contribution is -0.146. The molecular weight excluding hydrogens is 466 g/mol. The molecule has 2 amide bonds. The number of carbonyl (C=O) groups excluding carboxylic acids is 3. The maximum Gasteiger partial charge on any atom is 0.261 e. The fourth-order valence-electron chi connectivity index (χ4n) is 5.21. The molecular formula is C30H31N3O4. The van der Waals surface area contributed by atoms with E-state index in [4.69, 9.17) is 4.74 Å². The van der Waals surface area contributed by atoms with E-state index in [0.29, 0.717) is 31.9 Å². The van der Waals surface area contributed by atoms with Gasteiger partial charge in [-0.3, -0.25) is 19.3 Å². The summed E-state index contributed by atoms with van der Waals surface area (Å²) in [6, 6.07) is 29.2. The van der Waals surface area contributed by atoms with Crippen molar-refractivity contribution in [3.63, 3.8) is 0 Å². The Labute approximate surface area is 217 Å². The number of piperazine rings is 1. The van der Waals surface area contributed by atoms with Gasteiger partial charge >= 0.3 is 0 Å². The Balaban J connectivity index is 1.23. The Morgan fingerprint density at radius 1 is 0.784 bits per heavy atom. The highest BCUT2D eigenvalue weighted by molar-refractivity contribution is 5.99. The minimum Gasteiger partial charge on any atom is -0.484 e. The van der Waals surface area contributed by atoms with Crippen molar-refractivity contribution in [2.75, 3.05) is 39.3 Å². The number of nitrogens with zero attached hydrogens (tertiary/aromatic N) is 3. The third-order valence-corrected chi connectivity index (χ3v) is 7.08. The summed E-state index contributed by atoms with van der Waals surface area (Å²) in [5.41, 5.74) is 2.43. The number of para-hydroxylation sites is 1. The first-order valence-corrected chi connectivity index (χ1v) is 12.7. The van der Waals surface area contributed by atoms with Crippen LogP contribution in [0.15, 0.2) is 91.0 Å². The van der Waals surface area contributed by atoms with Gasteiger partial charge < -0.3 is 14.5 Å². The molecule has 0 aromatic heterocycles. The second-order valence-electron chi connectivity index (χ2n) is 9.47. The Hall–Kier alpha value is -3.97. The van der Waals surface area contributed by atoms with Crippen molar-refractivity contribution in [3.8, 4) is 5.75 Å². The predicted molar refractivity (Wildman–Crippen MR) is 140 cm³/mol. The van der Waals surface area contributed by atoms with Gasteiger partial charge in [-0.2, -0.15) is 0 Å². The quantitative estimate of drug-likeness (QED) is 0.502. The monoisotopic (exact) mass is 497 g/mol. The normalized spacial score (nSPS) is 18.3. The van der Waals surface area contributed by atoms with Crippen molar-refractivity contribution in [1.82, 2.24) is 14.7 Å². The Bertz CT molecular complexity index is 1170. The van der Waals surface area contributed by atoms with E-state index in [9.17, 15) is 14.4 Å². The first-order chi connectivity index (χ1) is 18.1. The number of ether oxygens (including phenoxy) is 1. The average molecular weight is 498 g/mol. The highest BCUT2D eigenvalue weighted by atomic mass is 16.5. The Kier molecular flexibility index (Phi) is 7.61. The van der Waals surface area contributed by atoms with Gasteiger partial charge in [-0.05, 0) is 23.3 Å². The summed E-state index contributed by atoms with van der Waals surface area (Å²) in [5, 5.41) is 0. The van der Waals surface area contributed by atoms with Crippen LogP contribution in [-0.2, 0) is 14.4 Å². The lowest BCUT2D eigenvalue weighted by atomic mass is 9.96. The smallest absolute Gasteiger partial charge is 0.261 e. The van der Waals surface area contributed by atoms with E-state index in [1.807, 2.05) is 30.3 Å². The van der Waals surface area contributed by atoms with Crippen LogP contribution in [0.2, 0.25) is 0 Å². The zero-order chi connectivity index (χ0) is 25.6. The van der Waals surface area contributed by atoms with Crippen molar-refractivity contribution in [1.29, 1.82) is 0 Å². The summed E-state index contributed by atoms with van der Waals surface area (Å²) in [5.74, 6) is -0.0283. The number of likely N-dealkylation sites (tertiary alicyclic amines) is 1. The van der Waals surface area contributed by atoms with Crippen molar-refractivity contribution >= 4 is 17.6 Å². The molecule has 0 bridgehead atoms. The van der Waals surface area contributed by atoms with E-state index in [0.717, 1.165) is 0 Å². The van der Waals surface area contributed by atoms with Crippen LogP contribution in [0.3, 0.4) is 0 Å². The van der Waals surface area contributed by atoms with Crippen LogP contribution < -0.4 is 4.74 Å². The summed E-state index contributed by atoms with van der Waals surface area (Å²) >= 11 is 0. The second-order valence-corrected chi connectivity index (χ2v) is 9.47. The molecule has 7 nitrogen and oxygen atoms in total. The molecule has 2 aliphatic rings. The van der Waals surface area contributed by atoms with E-state index >= 15 is 0 Å². The first-order valence-electron chi connectivity index (χ1n) is 12.7. The largest absolute Gasteiger partial charge is 0.484 e. The fourth-order valence-corrected chi connectivity index (χ4v) is 5.21. The maximum atomic E-state index is 13.5. The van der Waals surface area contributed by atoms with Crippen LogP contribution in [0.1, 0.15) is 23.6 Å². The summed E-state index contributed by atoms with van der Waals surface area (Å²) < 4.78 is 5.58. The lowest BCUT2D eigenvalue weighted by Crippen LogP contribution is -2.55. The van der Waals surface area contributed by atoms with Gasteiger partial charge in [-0.15, -0.1) is 0 Å². The van der Waals surface area contributed by atoms with Crippen LogP contribution in [0.5, 0.6) is 5.75 Å². The van der Waals surface area contributed by atoms with Crippen molar-refractivity contribution < 1.29 is 19.1 Å². The number of Topliss-reactive ketones (excluding diaryl/α,β-unsaturated/α-hetero) is 1. The molecule has 0 unspecified atom stereocenters. The zero-order valence-corrected chi connectivity index (χ0v) is 20.7.